The monoisotopic (exact) mass is 576 g/mol. The SMILES string of the molecule is C=C/C(O)=C1/C2=NC(=C1C)C=C1NC(=C3CC(=O)C4=C(C)C(=CC5=NC(=C2)C(C)=C5CC)N=C34)[C@@H](CCC(=O)OC)[C@@H]1C. The summed E-state index contributed by atoms with van der Waals surface area (Å²) in [5.74, 6) is -0.219. The molecule has 43 heavy (non-hydrogen) atoms. The summed E-state index contributed by atoms with van der Waals surface area (Å²) in [6.45, 7) is 14.0. The van der Waals surface area contributed by atoms with Gasteiger partial charge in [0.1, 0.15) is 5.76 Å². The third-order valence-electron chi connectivity index (χ3n) is 9.37. The first-order valence-corrected chi connectivity index (χ1v) is 14.8. The van der Waals surface area contributed by atoms with Gasteiger partial charge < -0.3 is 15.2 Å². The predicted molar refractivity (Wildman–Crippen MR) is 168 cm³/mol. The van der Waals surface area contributed by atoms with Crippen LogP contribution >= 0.6 is 0 Å². The second-order valence-corrected chi connectivity index (χ2v) is 11.7. The van der Waals surface area contributed by atoms with E-state index < -0.39 is 0 Å². The summed E-state index contributed by atoms with van der Waals surface area (Å²) < 4.78 is 4.96. The van der Waals surface area contributed by atoms with Gasteiger partial charge in [-0.25, -0.2) is 15.0 Å². The Labute approximate surface area is 251 Å². The van der Waals surface area contributed by atoms with Gasteiger partial charge in [-0.1, -0.05) is 20.4 Å². The van der Waals surface area contributed by atoms with Gasteiger partial charge in [0.2, 0.25) is 0 Å². The van der Waals surface area contributed by atoms with E-state index in [9.17, 15) is 14.7 Å². The number of methoxy groups -OCH3 is 1. The van der Waals surface area contributed by atoms with Crippen LogP contribution in [0.25, 0.3) is 0 Å². The standard InChI is InChI=1S/C35H36N4O4/c1-8-20-16(3)23-15-28-32(29(40)9-2)18(5)25(37-28)13-24-17(4)21(10-11-31(42)43-7)34(38-24)22-12-30(41)33-19(6)26(39-35(22)33)14-27(20)36-23/h9,13-15,17,21,38,40H,2,8,10-12H2,1,3-7H3/b23-15?,24-13?,26-14?,32-29-,34-22?/t17-,21-/m0/s1. The number of hydrogen-bond acceptors (Lipinski definition) is 8. The summed E-state index contributed by atoms with van der Waals surface area (Å²) in [4.78, 5) is 40.7. The van der Waals surface area contributed by atoms with E-state index in [0.717, 1.165) is 62.8 Å². The fourth-order valence-corrected chi connectivity index (χ4v) is 6.89. The summed E-state index contributed by atoms with van der Waals surface area (Å²) in [6, 6.07) is 0. The average Bonchev–Trinajstić information content (AvgIpc) is 3.74. The van der Waals surface area contributed by atoms with Gasteiger partial charge in [-0.3, -0.25) is 9.59 Å². The number of aliphatic hydroxyl groups is 1. The maximum atomic E-state index is 13.5. The molecule has 8 heteroatoms. The third-order valence-corrected chi connectivity index (χ3v) is 9.37. The van der Waals surface area contributed by atoms with Crippen molar-refractivity contribution >= 4 is 28.9 Å². The molecule has 1 saturated carbocycles. The predicted octanol–water partition coefficient (Wildman–Crippen LogP) is 6.37. The number of ketones is 1. The first-order chi connectivity index (χ1) is 20.6. The highest BCUT2D eigenvalue weighted by Crippen LogP contribution is 2.45. The van der Waals surface area contributed by atoms with Crippen LogP contribution in [0.2, 0.25) is 0 Å². The number of allylic oxidation sites excluding steroid dienone is 13. The van der Waals surface area contributed by atoms with Gasteiger partial charge in [0.05, 0.1) is 41.3 Å². The molecular formula is C35H36N4O4. The highest BCUT2D eigenvalue weighted by Gasteiger charge is 2.43. The molecule has 0 aromatic heterocycles. The second kappa shape index (κ2) is 10.6. The number of esters is 1. The Morgan fingerprint density at radius 3 is 2.51 bits per heavy atom. The van der Waals surface area contributed by atoms with Gasteiger partial charge in [0.15, 0.2) is 5.78 Å². The second-order valence-electron chi connectivity index (χ2n) is 11.7. The molecule has 220 valence electrons. The fraction of sp³-hybridized carbons (Fsp3) is 0.343. The van der Waals surface area contributed by atoms with Gasteiger partial charge in [0.25, 0.3) is 0 Å². The number of fused-ring (bicyclic) bond motifs is 5. The molecule has 0 unspecified atom stereocenters. The molecule has 2 fully saturated rings. The Kier molecular flexibility index (Phi) is 7.03. The molecule has 0 amide bonds. The molecule has 0 aromatic carbocycles. The molecule has 1 aliphatic carbocycles. The first-order valence-electron chi connectivity index (χ1n) is 14.8. The van der Waals surface area contributed by atoms with Crippen LogP contribution in [0.1, 0.15) is 60.3 Å². The van der Waals surface area contributed by atoms with Crippen molar-refractivity contribution in [2.45, 2.75) is 60.3 Å². The van der Waals surface area contributed by atoms with Crippen molar-refractivity contribution in [1.82, 2.24) is 5.32 Å². The number of hydrogen-bond donors (Lipinski definition) is 2. The topological polar surface area (TPSA) is 113 Å². The zero-order valence-corrected chi connectivity index (χ0v) is 25.5. The van der Waals surface area contributed by atoms with Crippen LogP contribution in [0.3, 0.4) is 0 Å². The van der Waals surface area contributed by atoms with Gasteiger partial charge in [-0.15, -0.1) is 0 Å². The number of nitrogens with one attached hydrogen (secondary N) is 1. The summed E-state index contributed by atoms with van der Waals surface area (Å²) in [7, 11) is 1.40. The molecule has 2 N–H and O–H groups in total. The number of Topliss-reactive ketones (excluding diaryl/α,β-unsaturated/α-hetero) is 1. The maximum absolute atomic E-state index is 13.5. The van der Waals surface area contributed by atoms with Crippen LogP contribution in [-0.4, -0.2) is 41.1 Å². The van der Waals surface area contributed by atoms with E-state index in [1.165, 1.54) is 13.2 Å². The van der Waals surface area contributed by atoms with Crippen molar-refractivity contribution in [1.29, 1.82) is 0 Å². The zero-order valence-electron chi connectivity index (χ0n) is 25.5. The van der Waals surface area contributed by atoms with Crippen molar-refractivity contribution in [3.8, 4) is 0 Å². The van der Waals surface area contributed by atoms with Crippen molar-refractivity contribution in [3.05, 3.63) is 104 Å². The Bertz CT molecular complexity index is 1780. The van der Waals surface area contributed by atoms with Crippen molar-refractivity contribution < 1.29 is 19.4 Å². The molecule has 6 rings (SSSR count). The minimum Gasteiger partial charge on any atom is -0.507 e. The van der Waals surface area contributed by atoms with Crippen LogP contribution in [0, 0.1) is 11.8 Å². The smallest absolute Gasteiger partial charge is 0.305 e. The molecule has 5 aliphatic heterocycles. The largest absolute Gasteiger partial charge is 0.507 e. The molecule has 6 aliphatic rings. The van der Waals surface area contributed by atoms with E-state index in [0.29, 0.717) is 34.7 Å². The van der Waals surface area contributed by atoms with E-state index >= 15 is 0 Å². The molecule has 0 radical (unpaired) electrons. The van der Waals surface area contributed by atoms with Gasteiger partial charge >= 0.3 is 5.97 Å². The molecule has 5 heterocycles. The van der Waals surface area contributed by atoms with E-state index in [2.05, 4.69) is 32.7 Å². The van der Waals surface area contributed by atoms with E-state index in [1.807, 2.05) is 32.1 Å². The lowest BCUT2D eigenvalue weighted by molar-refractivity contribution is -0.140. The number of aliphatic hydroxyl groups excluding tert-OH is 1. The average molecular weight is 577 g/mol. The lowest BCUT2D eigenvalue weighted by Crippen LogP contribution is -2.15. The quantitative estimate of drug-likeness (QED) is 0.292. The molecule has 8 nitrogen and oxygen atoms in total. The van der Waals surface area contributed by atoms with E-state index in [1.54, 1.807) is 0 Å². The molecule has 0 spiro atoms. The third kappa shape index (κ3) is 4.47. The first kappa shape index (κ1) is 28.5. The Morgan fingerprint density at radius 2 is 1.81 bits per heavy atom. The minimum atomic E-state index is -0.271. The molecule has 8 bridgehead atoms. The summed E-state index contributed by atoms with van der Waals surface area (Å²) in [6.07, 6.45) is 9.19. The highest BCUT2D eigenvalue weighted by atomic mass is 16.5. The van der Waals surface area contributed by atoms with Crippen LogP contribution < -0.4 is 5.32 Å². The van der Waals surface area contributed by atoms with Crippen molar-refractivity contribution in [2.24, 2.45) is 26.8 Å². The zero-order chi connectivity index (χ0) is 30.7. The van der Waals surface area contributed by atoms with Gasteiger partial charge in [0, 0.05) is 52.8 Å². The lowest BCUT2D eigenvalue weighted by atomic mass is 9.86. The van der Waals surface area contributed by atoms with E-state index in [-0.39, 0.29) is 42.2 Å². The molecule has 0 aromatic rings. The molecule has 2 atom stereocenters. The number of ether oxygens (including phenoxy) is 1. The number of nitrogens with zero attached hydrogens (tertiary/aromatic N) is 3. The van der Waals surface area contributed by atoms with Crippen molar-refractivity contribution in [3.63, 3.8) is 0 Å². The number of aliphatic imine (C=N–C) groups is 3. The number of carbonyl (C=O) groups is 2. The normalized spacial score (nSPS) is 25.5. The summed E-state index contributed by atoms with van der Waals surface area (Å²) in [5.41, 5.74) is 12.2. The van der Waals surface area contributed by atoms with E-state index in [4.69, 9.17) is 19.7 Å². The molecule has 1 saturated heterocycles. The van der Waals surface area contributed by atoms with Crippen LogP contribution in [0.5, 0.6) is 0 Å². The Hall–Kier alpha value is -4.59. The highest BCUT2D eigenvalue weighted by molar-refractivity contribution is 6.38. The van der Waals surface area contributed by atoms with Crippen LogP contribution in [0.4, 0.5) is 0 Å². The van der Waals surface area contributed by atoms with Gasteiger partial charge in [-0.05, 0) is 80.2 Å². The molecular weight excluding hydrogens is 540 g/mol. The fourth-order valence-electron chi connectivity index (χ4n) is 6.89. The Balaban J connectivity index is 1.63. The maximum Gasteiger partial charge on any atom is 0.305 e. The van der Waals surface area contributed by atoms with Crippen molar-refractivity contribution in [2.75, 3.05) is 7.11 Å². The minimum absolute atomic E-state index is 0.00118. The van der Waals surface area contributed by atoms with Gasteiger partial charge in [-0.2, -0.15) is 0 Å². The number of rotatable bonds is 5. The summed E-state index contributed by atoms with van der Waals surface area (Å²) >= 11 is 0. The Morgan fingerprint density at radius 1 is 1.09 bits per heavy atom. The van der Waals surface area contributed by atoms with Crippen LogP contribution in [-0.2, 0) is 14.3 Å². The lowest BCUT2D eigenvalue weighted by Gasteiger charge is -2.17. The van der Waals surface area contributed by atoms with Crippen LogP contribution in [0.15, 0.2) is 119 Å². The number of carbonyl (C=O) groups excluding carboxylic acids is 2. The summed E-state index contributed by atoms with van der Waals surface area (Å²) in [5, 5.41) is 14.5.